The van der Waals surface area contributed by atoms with Gasteiger partial charge in [-0.25, -0.2) is 14.4 Å². The maximum atomic E-state index is 13.3. The second-order valence-electron chi connectivity index (χ2n) is 7.66. The van der Waals surface area contributed by atoms with Crippen LogP contribution in [-0.2, 0) is 0 Å². The molecule has 4 heterocycles. The number of nitrogens with two attached hydrogens (primary N) is 1. The fourth-order valence-electron chi connectivity index (χ4n) is 3.53. The standard InChI is InChI=1S/C24H18FN7O3/c1-13-10-17(24(34)32(12-13)15-4-2-14(25)3-5-15)23(33)29-19-7-6-16(11-28-19)35-18-8-9-27-22-20(18)21(26)30-31-22/h2-12H,1H3,(H,28,29,33)(H3,26,27,30,31). The van der Waals surface area contributed by atoms with E-state index in [1.807, 2.05) is 0 Å². The van der Waals surface area contributed by atoms with Gasteiger partial charge in [0.15, 0.2) is 5.65 Å². The lowest BCUT2D eigenvalue weighted by Crippen LogP contribution is -2.28. The van der Waals surface area contributed by atoms with Gasteiger partial charge in [0.1, 0.15) is 39.9 Å². The van der Waals surface area contributed by atoms with Crippen molar-refractivity contribution in [3.8, 4) is 17.2 Å². The molecule has 5 rings (SSSR count). The zero-order valence-electron chi connectivity index (χ0n) is 18.3. The molecule has 174 valence electrons. The van der Waals surface area contributed by atoms with Crippen LogP contribution in [0, 0.1) is 12.7 Å². The Hall–Kier alpha value is -5.06. The summed E-state index contributed by atoms with van der Waals surface area (Å²) in [5.41, 5.74) is 6.82. The van der Waals surface area contributed by atoms with Crippen molar-refractivity contribution < 1.29 is 13.9 Å². The van der Waals surface area contributed by atoms with E-state index in [-0.39, 0.29) is 11.4 Å². The normalized spacial score (nSPS) is 10.9. The molecule has 0 fully saturated rings. The smallest absolute Gasteiger partial charge is 0.267 e. The van der Waals surface area contributed by atoms with E-state index < -0.39 is 17.3 Å². The maximum Gasteiger partial charge on any atom is 0.267 e. The van der Waals surface area contributed by atoms with Gasteiger partial charge in [0.05, 0.1) is 6.20 Å². The molecule has 35 heavy (non-hydrogen) atoms. The van der Waals surface area contributed by atoms with Crippen molar-refractivity contribution in [2.24, 2.45) is 0 Å². The Labute approximate surface area is 197 Å². The van der Waals surface area contributed by atoms with Gasteiger partial charge in [-0.2, -0.15) is 5.10 Å². The molecular formula is C24H18FN7O3. The van der Waals surface area contributed by atoms with Crippen LogP contribution in [0.2, 0.25) is 0 Å². The monoisotopic (exact) mass is 471 g/mol. The lowest BCUT2D eigenvalue weighted by molar-refractivity contribution is 0.102. The van der Waals surface area contributed by atoms with Crippen molar-refractivity contribution in [1.82, 2.24) is 24.7 Å². The minimum Gasteiger partial charge on any atom is -0.455 e. The summed E-state index contributed by atoms with van der Waals surface area (Å²) in [5.74, 6) is 0.334. The summed E-state index contributed by atoms with van der Waals surface area (Å²) >= 11 is 0. The first-order chi connectivity index (χ1) is 16.9. The molecule has 5 aromatic rings. The molecule has 11 heteroatoms. The molecule has 1 aromatic carbocycles. The number of aryl methyl sites for hydroxylation is 1. The molecule has 0 atom stereocenters. The highest BCUT2D eigenvalue weighted by Crippen LogP contribution is 2.31. The van der Waals surface area contributed by atoms with E-state index in [4.69, 9.17) is 10.5 Å². The largest absolute Gasteiger partial charge is 0.455 e. The van der Waals surface area contributed by atoms with E-state index in [1.54, 1.807) is 37.5 Å². The molecular weight excluding hydrogens is 453 g/mol. The van der Waals surface area contributed by atoms with Crippen LogP contribution < -0.4 is 21.3 Å². The molecule has 4 N–H and O–H groups in total. The van der Waals surface area contributed by atoms with E-state index in [0.717, 1.165) is 0 Å². The van der Waals surface area contributed by atoms with Crippen molar-refractivity contribution >= 4 is 28.6 Å². The van der Waals surface area contributed by atoms with Gasteiger partial charge in [-0.1, -0.05) is 0 Å². The highest BCUT2D eigenvalue weighted by Gasteiger charge is 2.16. The van der Waals surface area contributed by atoms with E-state index >= 15 is 0 Å². The van der Waals surface area contributed by atoms with Crippen LogP contribution >= 0.6 is 0 Å². The number of nitrogens with one attached hydrogen (secondary N) is 2. The van der Waals surface area contributed by atoms with E-state index in [0.29, 0.717) is 39.6 Å². The molecule has 0 aliphatic rings. The molecule has 0 aliphatic heterocycles. The zero-order valence-corrected chi connectivity index (χ0v) is 18.3. The number of benzene rings is 1. The van der Waals surface area contributed by atoms with Crippen molar-refractivity contribution in [1.29, 1.82) is 0 Å². The molecule has 0 aliphatic carbocycles. The summed E-state index contributed by atoms with van der Waals surface area (Å²) in [6.45, 7) is 1.75. The topological polar surface area (TPSA) is 141 Å². The summed E-state index contributed by atoms with van der Waals surface area (Å²) in [6, 6.07) is 11.7. The number of anilines is 2. The number of fused-ring (bicyclic) bond motifs is 1. The van der Waals surface area contributed by atoms with Gasteiger partial charge in [-0.15, -0.1) is 0 Å². The van der Waals surface area contributed by atoms with Gasteiger partial charge in [-0.05, 0) is 55.0 Å². The van der Waals surface area contributed by atoms with E-state index in [1.165, 1.54) is 41.1 Å². The molecule has 0 saturated carbocycles. The second kappa shape index (κ2) is 8.71. The Balaban J connectivity index is 1.36. The zero-order chi connectivity index (χ0) is 24.5. The van der Waals surface area contributed by atoms with Crippen molar-refractivity contribution in [3.63, 3.8) is 0 Å². The number of halogens is 1. The van der Waals surface area contributed by atoms with Crippen LogP contribution in [-0.4, -0.2) is 30.6 Å². The second-order valence-corrected chi connectivity index (χ2v) is 7.66. The molecule has 0 spiro atoms. The number of hydrogen-bond donors (Lipinski definition) is 3. The minimum atomic E-state index is -0.627. The minimum absolute atomic E-state index is 0.0777. The first-order valence-corrected chi connectivity index (χ1v) is 10.4. The predicted molar refractivity (Wildman–Crippen MR) is 127 cm³/mol. The number of hydrogen-bond acceptors (Lipinski definition) is 7. The van der Waals surface area contributed by atoms with E-state index in [2.05, 4.69) is 25.5 Å². The number of ether oxygens (including phenoxy) is 1. The average molecular weight is 471 g/mol. The molecule has 1 amide bonds. The average Bonchev–Trinajstić information content (AvgIpc) is 3.24. The fraction of sp³-hybridized carbons (Fsp3) is 0.0417. The summed E-state index contributed by atoms with van der Waals surface area (Å²) in [6.07, 6.45) is 4.55. The highest BCUT2D eigenvalue weighted by atomic mass is 19.1. The number of amides is 1. The van der Waals surface area contributed by atoms with Gasteiger partial charge < -0.3 is 15.8 Å². The van der Waals surface area contributed by atoms with Gasteiger partial charge >= 0.3 is 0 Å². The van der Waals surface area contributed by atoms with Crippen molar-refractivity contribution in [3.05, 3.63) is 94.4 Å². The molecule has 0 bridgehead atoms. The number of pyridine rings is 3. The Bertz CT molecular complexity index is 1610. The first kappa shape index (κ1) is 21.8. The fourth-order valence-corrected chi connectivity index (χ4v) is 3.53. The first-order valence-electron chi connectivity index (χ1n) is 10.4. The Morgan fingerprint density at radius 2 is 1.94 bits per heavy atom. The third-order valence-corrected chi connectivity index (χ3v) is 5.15. The number of rotatable bonds is 5. The van der Waals surface area contributed by atoms with Crippen LogP contribution in [0.5, 0.6) is 11.5 Å². The number of carbonyl (C=O) groups is 1. The predicted octanol–water partition coefficient (Wildman–Crippen LogP) is 3.58. The third kappa shape index (κ3) is 4.29. The lowest BCUT2D eigenvalue weighted by Gasteiger charge is -2.11. The number of nitrogens with zero attached hydrogens (tertiary/aromatic N) is 4. The summed E-state index contributed by atoms with van der Waals surface area (Å²) in [7, 11) is 0. The quantitative estimate of drug-likeness (QED) is 0.356. The van der Waals surface area contributed by atoms with Crippen LogP contribution in [0.3, 0.4) is 0 Å². The van der Waals surface area contributed by atoms with Gasteiger partial charge in [0.25, 0.3) is 11.5 Å². The number of H-pyrrole nitrogens is 1. The summed E-state index contributed by atoms with van der Waals surface area (Å²) in [5, 5.41) is 9.80. The number of nitrogen functional groups attached to an aromatic ring is 1. The lowest BCUT2D eigenvalue weighted by atomic mass is 10.2. The summed E-state index contributed by atoms with van der Waals surface area (Å²) < 4.78 is 20.4. The Morgan fingerprint density at radius 3 is 2.69 bits per heavy atom. The third-order valence-electron chi connectivity index (χ3n) is 5.15. The molecule has 10 nitrogen and oxygen atoms in total. The van der Waals surface area contributed by atoms with Crippen molar-refractivity contribution in [2.75, 3.05) is 11.1 Å². The van der Waals surface area contributed by atoms with Crippen molar-refractivity contribution in [2.45, 2.75) is 6.92 Å². The summed E-state index contributed by atoms with van der Waals surface area (Å²) in [4.78, 5) is 34.1. The number of aromatic amines is 1. The number of aromatic nitrogens is 5. The molecule has 0 radical (unpaired) electrons. The molecule has 4 aromatic heterocycles. The van der Waals surface area contributed by atoms with Gasteiger partial charge in [0, 0.05) is 24.1 Å². The van der Waals surface area contributed by atoms with Crippen LogP contribution in [0.15, 0.2) is 71.9 Å². The SMILES string of the molecule is Cc1cc(C(=O)Nc2ccc(Oc3ccnc4n[nH]c(N)c34)cn2)c(=O)n(-c2ccc(F)cc2)c1. The van der Waals surface area contributed by atoms with Crippen LogP contribution in [0.4, 0.5) is 16.0 Å². The maximum absolute atomic E-state index is 13.3. The Morgan fingerprint density at radius 1 is 1.14 bits per heavy atom. The highest BCUT2D eigenvalue weighted by molar-refractivity contribution is 6.03. The van der Waals surface area contributed by atoms with Gasteiger partial charge in [0.2, 0.25) is 0 Å². The van der Waals surface area contributed by atoms with Gasteiger partial charge in [-0.3, -0.25) is 19.3 Å². The van der Waals surface area contributed by atoms with Crippen LogP contribution in [0.25, 0.3) is 16.7 Å². The van der Waals surface area contributed by atoms with E-state index in [9.17, 15) is 14.0 Å². The van der Waals surface area contributed by atoms with Crippen LogP contribution in [0.1, 0.15) is 15.9 Å². The molecule has 0 saturated heterocycles. The molecule has 0 unspecified atom stereocenters. The number of carbonyl (C=O) groups excluding carboxylic acids is 1. The Kier molecular flexibility index (Phi) is 5.41.